The fraction of sp³-hybridized carbons (Fsp3) is 0.462. The maximum Gasteiger partial charge on any atom is 0.237 e. The van der Waals surface area contributed by atoms with Crippen molar-refractivity contribution in [2.24, 2.45) is 0 Å². The molecule has 1 aromatic carbocycles. The lowest BCUT2D eigenvalue weighted by Gasteiger charge is -2.19. The molecule has 1 aliphatic heterocycles. The predicted octanol–water partition coefficient (Wildman–Crippen LogP) is 2.03. The van der Waals surface area contributed by atoms with E-state index in [1.165, 1.54) is 12.1 Å². The van der Waals surface area contributed by atoms with E-state index < -0.39 is 24.0 Å². The molecule has 0 aliphatic carbocycles. The predicted molar refractivity (Wildman–Crippen MR) is 75.4 cm³/mol. The zero-order valence-electron chi connectivity index (χ0n) is 10.8. The molecule has 2 rings (SSSR count). The molecule has 110 valence electrons. The normalized spacial score (nSPS) is 23.6. The number of β-amino-alcohol motifs (C(OH)–C–C–N with tert-alkyl or cyclic N) is 1. The van der Waals surface area contributed by atoms with Crippen molar-refractivity contribution in [3.05, 3.63) is 33.6 Å². The Morgan fingerprint density at radius 3 is 2.85 bits per heavy atom. The third kappa shape index (κ3) is 3.23. The highest BCUT2D eigenvalue weighted by Crippen LogP contribution is 2.32. The molecule has 3 N–H and O–H groups in total. The third-order valence-electron chi connectivity index (χ3n) is 3.30. The van der Waals surface area contributed by atoms with E-state index >= 15 is 0 Å². The Kier molecular flexibility index (Phi) is 4.86. The average molecular weight is 321 g/mol. The van der Waals surface area contributed by atoms with Gasteiger partial charge in [0.05, 0.1) is 23.2 Å². The van der Waals surface area contributed by atoms with E-state index in [-0.39, 0.29) is 10.9 Å². The Morgan fingerprint density at radius 2 is 2.25 bits per heavy atom. The quantitative estimate of drug-likeness (QED) is 0.747. The van der Waals surface area contributed by atoms with Crippen LogP contribution >= 0.6 is 23.2 Å². The third-order valence-corrected chi connectivity index (χ3v) is 4.01. The van der Waals surface area contributed by atoms with Crippen LogP contribution in [0.1, 0.15) is 24.9 Å². The number of carbonyl (C=O) groups is 1. The Bertz CT molecular complexity index is 527. The standard InChI is InChI=1S/C13H15Cl2FN2O2/c1-6(11-8(14)2-3-9(16)12(11)15)18-13(20)10-4-7(19)5-17-10/h2-3,6-7,10,17,19H,4-5H2,1H3,(H,18,20)/t6-,7+,10+/m0/s1. The van der Waals surface area contributed by atoms with Gasteiger partial charge in [-0.3, -0.25) is 4.79 Å². The van der Waals surface area contributed by atoms with Gasteiger partial charge >= 0.3 is 0 Å². The Labute approximate surface area is 126 Å². The molecule has 4 nitrogen and oxygen atoms in total. The minimum atomic E-state index is -0.582. The van der Waals surface area contributed by atoms with E-state index in [0.29, 0.717) is 23.6 Å². The van der Waals surface area contributed by atoms with Gasteiger partial charge in [-0.2, -0.15) is 0 Å². The fourth-order valence-electron chi connectivity index (χ4n) is 2.24. The molecule has 1 amide bonds. The minimum Gasteiger partial charge on any atom is -0.392 e. The van der Waals surface area contributed by atoms with Crippen molar-refractivity contribution in [1.82, 2.24) is 10.6 Å². The zero-order chi connectivity index (χ0) is 14.9. The van der Waals surface area contributed by atoms with Crippen molar-refractivity contribution in [3.63, 3.8) is 0 Å². The van der Waals surface area contributed by atoms with Crippen LogP contribution in [0.3, 0.4) is 0 Å². The Balaban J connectivity index is 2.10. The number of benzene rings is 1. The van der Waals surface area contributed by atoms with E-state index in [1.54, 1.807) is 6.92 Å². The van der Waals surface area contributed by atoms with Crippen LogP contribution in [0.5, 0.6) is 0 Å². The summed E-state index contributed by atoms with van der Waals surface area (Å²) in [5.41, 5.74) is 0.347. The zero-order valence-corrected chi connectivity index (χ0v) is 12.3. The molecular formula is C13H15Cl2FN2O2. The molecule has 0 unspecified atom stereocenters. The highest BCUT2D eigenvalue weighted by molar-refractivity contribution is 6.36. The SMILES string of the molecule is C[C@H](NC(=O)[C@H]1C[C@@H](O)CN1)c1c(Cl)ccc(F)c1Cl. The van der Waals surface area contributed by atoms with Crippen LogP contribution in [-0.2, 0) is 4.79 Å². The fourth-order valence-corrected chi connectivity index (χ4v) is 2.94. The second-order valence-corrected chi connectivity index (χ2v) is 5.62. The summed E-state index contributed by atoms with van der Waals surface area (Å²) in [7, 11) is 0. The van der Waals surface area contributed by atoms with Crippen LogP contribution < -0.4 is 10.6 Å². The van der Waals surface area contributed by atoms with Gasteiger partial charge < -0.3 is 15.7 Å². The first-order chi connectivity index (χ1) is 9.40. The van der Waals surface area contributed by atoms with Crippen LogP contribution in [0.4, 0.5) is 4.39 Å². The summed E-state index contributed by atoms with van der Waals surface area (Å²) in [5, 5.41) is 15.2. The first-order valence-corrected chi connectivity index (χ1v) is 7.01. The van der Waals surface area contributed by atoms with Gasteiger partial charge in [-0.15, -0.1) is 0 Å². The second kappa shape index (κ2) is 6.26. The van der Waals surface area contributed by atoms with Gasteiger partial charge in [0.1, 0.15) is 5.82 Å². The highest BCUT2D eigenvalue weighted by Gasteiger charge is 2.29. The van der Waals surface area contributed by atoms with Crippen molar-refractivity contribution in [3.8, 4) is 0 Å². The molecular weight excluding hydrogens is 306 g/mol. The first-order valence-electron chi connectivity index (χ1n) is 6.25. The van der Waals surface area contributed by atoms with E-state index in [4.69, 9.17) is 23.2 Å². The Hall–Kier alpha value is -0.880. The molecule has 1 aromatic rings. The molecule has 1 saturated heterocycles. The van der Waals surface area contributed by atoms with Gasteiger partial charge in [0, 0.05) is 17.1 Å². The van der Waals surface area contributed by atoms with E-state index in [0.717, 1.165) is 0 Å². The lowest BCUT2D eigenvalue weighted by atomic mass is 10.1. The lowest BCUT2D eigenvalue weighted by Crippen LogP contribution is -2.41. The van der Waals surface area contributed by atoms with Crippen molar-refractivity contribution < 1.29 is 14.3 Å². The van der Waals surface area contributed by atoms with Crippen LogP contribution in [0, 0.1) is 5.82 Å². The monoisotopic (exact) mass is 320 g/mol. The molecule has 1 heterocycles. The van der Waals surface area contributed by atoms with Crippen molar-refractivity contribution >= 4 is 29.1 Å². The molecule has 1 fully saturated rings. The van der Waals surface area contributed by atoms with Crippen LogP contribution in [0.15, 0.2) is 12.1 Å². The van der Waals surface area contributed by atoms with Crippen molar-refractivity contribution in [1.29, 1.82) is 0 Å². The van der Waals surface area contributed by atoms with Crippen molar-refractivity contribution in [2.75, 3.05) is 6.54 Å². The lowest BCUT2D eigenvalue weighted by molar-refractivity contribution is -0.123. The molecule has 0 radical (unpaired) electrons. The van der Waals surface area contributed by atoms with Crippen LogP contribution in [0.25, 0.3) is 0 Å². The van der Waals surface area contributed by atoms with E-state index in [9.17, 15) is 14.3 Å². The van der Waals surface area contributed by atoms with Gasteiger partial charge in [-0.25, -0.2) is 4.39 Å². The van der Waals surface area contributed by atoms with Gasteiger partial charge in [-0.05, 0) is 25.5 Å². The smallest absolute Gasteiger partial charge is 0.237 e. The summed E-state index contributed by atoms with van der Waals surface area (Å²) >= 11 is 11.9. The number of hydrogen-bond donors (Lipinski definition) is 3. The maximum absolute atomic E-state index is 13.5. The number of carbonyl (C=O) groups excluding carboxylic acids is 1. The summed E-state index contributed by atoms with van der Waals surface area (Å²) in [6.45, 7) is 2.06. The van der Waals surface area contributed by atoms with Crippen LogP contribution in [0.2, 0.25) is 10.0 Å². The number of rotatable bonds is 3. The summed E-state index contributed by atoms with van der Waals surface area (Å²) < 4.78 is 13.5. The van der Waals surface area contributed by atoms with Crippen molar-refractivity contribution in [2.45, 2.75) is 31.5 Å². The molecule has 0 bridgehead atoms. The van der Waals surface area contributed by atoms with Gasteiger partial charge in [0.15, 0.2) is 0 Å². The maximum atomic E-state index is 13.5. The molecule has 3 atom stereocenters. The summed E-state index contributed by atoms with van der Waals surface area (Å²) in [4.78, 5) is 12.0. The first kappa shape index (κ1) is 15.5. The summed E-state index contributed by atoms with van der Waals surface area (Å²) in [6.07, 6.45) is -0.175. The highest BCUT2D eigenvalue weighted by atomic mass is 35.5. The number of amides is 1. The van der Waals surface area contributed by atoms with E-state index in [1.807, 2.05) is 0 Å². The topological polar surface area (TPSA) is 61.4 Å². The van der Waals surface area contributed by atoms with Crippen LogP contribution in [-0.4, -0.2) is 29.7 Å². The molecule has 20 heavy (non-hydrogen) atoms. The number of halogens is 3. The Morgan fingerprint density at radius 1 is 1.55 bits per heavy atom. The van der Waals surface area contributed by atoms with Gasteiger partial charge in [-0.1, -0.05) is 23.2 Å². The largest absolute Gasteiger partial charge is 0.392 e. The molecule has 1 aliphatic rings. The molecule has 7 heteroatoms. The molecule has 0 saturated carbocycles. The average Bonchev–Trinajstić information content (AvgIpc) is 2.81. The number of aliphatic hydroxyl groups is 1. The number of nitrogens with one attached hydrogen (secondary N) is 2. The van der Waals surface area contributed by atoms with Gasteiger partial charge in [0.2, 0.25) is 5.91 Å². The summed E-state index contributed by atoms with van der Waals surface area (Å²) in [6, 6.07) is 1.59. The molecule has 0 spiro atoms. The number of aliphatic hydroxyl groups excluding tert-OH is 1. The second-order valence-electron chi connectivity index (χ2n) is 4.84. The van der Waals surface area contributed by atoms with E-state index in [2.05, 4.69) is 10.6 Å². The van der Waals surface area contributed by atoms with Gasteiger partial charge in [0.25, 0.3) is 0 Å². The minimum absolute atomic E-state index is 0.0929. The molecule has 0 aromatic heterocycles. The summed E-state index contributed by atoms with van der Waals surface area (Å²) in [5.74, 6) is -0.855. The number of hydrogen-bond acceptors (Lipinski definition) is 3.